The molecule has 1 aromatic carbocycles. The van der Waals surface area contributed by atoms with Crippen molar-refractivity contribution < 1.29 is 9.47 Å². The maximum absolute atomic E-state index is 13.1. The number of hydrogen-bond donors (Lipinski definition) is 0. The number of pyridine rings is 1. The minimum atomic E-state index is -1.17. The molecule has 2 heterocycles. The van der Waals surface area contributed by atoms with Crippen molar-refractivity contribution in [2.75, 3.05) is 13.7 Å². The van der Waals surface area contributed by atoms with Gasteiger partial charge in [0, 0.05) is 31.5 Å². The summed E-state index contributed by atoms with van der Waals surface area (Å²) in [4.78, 5) is 22.5. The van der Waals surface area contributed by atoms with Crippen LogP contribution in [0.2, 0.25) is 25.7 Å². The molecule has 0 spiro atoms. The summed E-state index contributed by atoms with van der Waals surface area (Å²) in [5.41, 5.74) is 4.98. The van der Waals surface area contributed by atoms with E-state index in [2.05, 4.69) is 24.6 Å². The number of ether oxygens (including phenoxy) is 2. The third-order valence-corrected chi connectivity index (χ3v) is 6.95. The second-order valence-electron chi connectivity index (χ2n) is 8.96. The predicted molar refractivity (Wildman–Crippen MR) is 124 cm³/mol. The first-order chi connectivity index (χ1) is 14.1. The molecule has 0 aliphatic carbocycles. The van der Waals surface area contributed by atoms with Gasteiger partial charge in [-0.1, -0.05) is 25.7 Å². The maximum atomic E-state index is 13.1. The normalized spacial score (nSPS) is 11.8. The quantitative estimate of drug-likeness (QED) is 0.405. The van der Waals surface area contributed by atoms with Gasteiger partial charge in [-0.15, -0.1) is 0 Å². The van der Waals surface area contributed by atoms with E-state index >= 15 is 0 Å². The number of aryl methyl sites for hydroxylation is 2. The lowest BCUT2D eigenvalue weighted by Crippen LogP contribution is -2.25. The molecule has 0 aliphatic rings. The van der Waals surface area contributed by atoms with Gasteiger partial charge >= 0.3 is 0 Å². The maximum Gasteiger partial charge on any atom is 0.263 e. The lowest BCUT2D eigenvalue weighted by molar-refractivity contribution is 0.0844. The Balaban J connectivity index is 2.06. The molecule has 3 aromatic rings. The third kappa shape index (κ3) is 4.62. The first-order valence-electron chi connectivity index (χ1n) is 10.2. The van der Waals surface area contributed by atoms with Crippen LogP contribution < -0.4 is 10.3 Å². The molecule has 0 fully saturated rings. The van der Waals surface area contributed by atoms with Crippen molar-refractivity contribution in [1.82, 2.24) is 14.5 Å². The molecule has 0 aliphatic heterocycles. The average molecular weight is 426 g/mol. The Kier molecular flexibility index (Phi) is 6.43. The van der Waals surface area contributed by atoms with E-state index in [4.69, 9.17) is 14.5 Å². The molecule has 0 atom stereocenters. The zero-order valence-corrected chi connectivity index (χ0v) is 20.0. The van der Waals surface area contributed by atoms with Crippen molar-refractivity contribution in [2.45, 2.75) is 53.2 Å². The Hall–Kier alpha value is -2.51. The van der Waals surface area contributed by atoms with E-state index in [0.29, 0.717) is 23.2 Å². The molecule has 3 rings (SSSR count). The summed E-state index contributed by atoms with van der Waals surface area (Å²) in [6, 6.07) is 6.82. The smallest absolute Gasteiger partial charge is 0.263 e. The van der Waals surface area contributed by atoms with Crippen molar-refractivity contribution in [3.05, 3.63) is 51.7 Å². The van der Waals surface area contributed by atoms with Crippen LogP contribution in [0, 0.1) is 20.8 Å². The van der Waals surface area contributed by atoms with Gasteiger partial charge in [0.1, 0.15) is 24.3 Å². The van der Waals surface area contributed by atoms with Gasteiger partial charge in [-0.05, 0) is 44.5 Å². The summed E-state index contributed by atoms with van der Waals surface area (Å²) in [5, 5.41) is 0.551. The van der Waals surface area contributed by atoms with Crippen LogP contribution in [-0.2, 0) is 11.5 Å². The lowest BCUT2D eigenvalue weighted by Gasteiger charge is -2.17. The van der Waals surface area contributed by atoms with Crippen LogP contribution in [0.15, 0.2) is 29.3 Å². The Labute approximate surface area is 178 Å². The van der Waals surface area contributed by atoms with Crippen LogP contribution in [0.3, 0.4) is 0 Å². The molecule has 0 radical (unpaired) electrons. The van der Waals surface area contributed by atoms with Gasteiger partial charge in [-0.2, -0.15) is 0 Å². The van der Waals surface area contributed by atoms with Crippen LogP contribution in [0.25, 0.3) is 22.2 Å². The van der Waals surface area contributed by atoms with Gasteiger partial charge in [-0.3, -0.25) is 14.3 Å². The van der Waals surface area contributed by atoms with Crippen LogP contribution >= 0.6 is 0 Å². The van der Waals surface area contributed by atoms with Gasteiger partial charge < -0.3 is 9.47 Å². The SMILES string of the molecule is COc1ccc(C)c(-c2nc(C)cc3c(=O)n(COCC[Si](C)(C)C)cnc23)c1C. The average Bonchev–Trinajstić information content (AvgIpc) is 2.66. The predicted octanol–water partition coefficient (Wildman–Crippen LogP) is 4.70. The molecule has 0 saturated heterocycles. The van der Waals surface area contributed by atoms with E-state index in [0.717, 1.165) is 34.2 Å². The Morgan fingerprint density at radius 1 is 1.13 bits per heavy atom. The molecule has 160 valence electrons. The van der Waals surface area contributed by atoms with E-state index in [9.17, 15) is 4.79 Å². The highest BCUT2D eigenvalue weighted by atomic mass is 28.3. The Morgan fingerprint density at radius 3 is 2.53 bits per heavy atom. The fraction of sp³-hybridized carbons (Fsp3) is 0.435. The minimum absolute atomic E-state index is 0.113. The summed E-state index contributed by atoms with van der Waals surface area (Å²) in [6.45, 7) is 13.7. The number of benzene rings is 1. The molecule has 0 saturated carbocycles. The second-order valence-corrected chi connectivity index (χ2v) is 14.6. The van der Waals surface area contributed by atoms with Crippen molar-refractivity contribution in [3.63, 3.8) is 0 Å². The van der Waals surface area contributed by atoms with Crippen molar-refractivity contribution >= 4 is 19.0 Å². The summed E-state index contributed by atoms with van der Waals surface area (Å²) in [6.07, 6.45) is 1.56. The molecule has 0 amide bonds. The molecule has 0 N–H and O–H groups in total. The van der Waals surface area contributed by atoms with Crippen LogP contribution in [-0.4, -0.2) is 36.3 Å². The first kappa shape index (κ1) is 22.2. The summed E-state index contributed by atoms with van der Waals surface area (Å²) >= 11 is 0. The molecule has 30 heavy (non-hydrogen) atoms. The molecule has 6 nitrogen and oxygen atoms in total. The first-order valence-corrected chi connectivity index (χ1v) is 13.9. The summed E-state index contributed by atoms with van der Waals surface area (Å²) < 4.78 is 12.8. The lowest BCUT2D eigenvalue weighted by atomic mass is 9.97. The fourth-order valence-electron chi connectivity index (χ4n) is 3.52. The van der Waals surface area contributed by atoms with Crippen molar-refractivity contribution in [3.8, 4) is 17.0 Å². The Morgan fingerprint density at radius 2 is 1.87 bits per heavy atom. The number of nitrogens with zero attached hydrogens (tertiary/aromatic N) is 3. The minimum Gasteiger partial charge on any atom is -0.496 e. The topological polar surface area (TPSA) is 66.2 Å². The zero-order valence-electron chi connectivity index (χ0n) is 19.0. The number of aromatic nitrogens is 3. The van der Waals surface area contributed by atoms with Crippen LogP contribution in [0.1, 0.15) is 16.8 Å². The van der Waals surface area contributed by atoms with Gasteiger partial charge in [0.25, 0.3) is 5.56 Å². The van der Waals surface area contributed by atoms with Gasteiger partial charge in [-0.25, -0.2) is 4.98 Å². The molecular weight excluding hydrogens is 394 g/mol. The largest absolute Gasteiger partial charge is 0.496 e. The van der Waals surface area contributed by atoms with E-state index < -0.39 is 8.07 Å². The summed E-state index contributed by atoms with van der Waals surface area (Å²) in [5.74, 6) is 0.788. The number of hydrogen-bond acceptors (Lipinski definition) is 5. The highest BCUT2D eigenvalue weighted by Crippen LogP contribution is 2.34. The molecular formula is C23H31N3O3Si. The Bertz CT molecular complexity index is 1130. The van der Waals surface area contributed by atoms with Crippen LogP contribution in [0.5, 0.6) is 5.75 Å². The second kappa shape index (κ2) is 8.69. The standard InChI is InChI=1S/C23H31N3O3Si/c1-15-8-9-19(28-4)17(3)20(15)22-21-18(12-16(2)25-22)23(27)26(13-24-21)14-29-10-11-30(5,6)7/h8-9,12-13H,10-11,14H2,1-7H3. The molecule has 0 unspecified atom stereocenters. The van der Waals surface area contributed by atoms with E-state index in [1.807, 2.05) is 32.9 Å². The summed E-state index contributed by atoms with van der Waals surface area (Å²) in [7, 11) is 0.485. The third-order valence-electron chi connectivity index (χ3n) is 5.25. The van der Waals surface area contributed by atoms with Gasteiger partial charge in [0.15, 0.2) is 0 Å². The van der Waals surface area contributed by atoms with Crippen molar-refractivity contribution in [2.24, 2.45) is 0 Å². The van der Waals surface area contributed by atoms with Gasteiger partial charge in [0.05, 0.1) is 18.2 Å². The van der Waals surface area contributed by atoms with Gasteiger partial charge in [0.2, 0.25) is 0 Å². The van der Waals surface area contributed by atoms with Crippen molar-refractivity contribution in [1.29, 1.82) is 0 Å². The van der Waals surface area contributed by atoms with E-state index in [-0.39, 0.29) is 12.3 Å². The van der Waals surface area contributed by atoms with Crippen LogP contribution in [0.4, 0.5) is 0 Å². The zero-order chi connectivity index (χ0) is 22.1. The van der Waals surface area contributed by atoms with E-state index in [1.54, 1.807) is 19.5 Å². The van der Waals surface area contributed by atoms with E-state index in [1.165, 1.54) is 4.57 Å². The fourth-order valence-corrected chi connectivity index (χ4v) is 4.27. The number of rotatable bonds is 7. The number of methoxy groups -OCH3 is 1. The number of fused-ring (bicyclic) bond motifs is 1. The monoisotopic (exact) mass is 425 g/mol. The molecule has 7 heteroatoms. The highest BCUT2D eigenvalue weighted by molar-refractivity contribution is 6.76. The molecule has 2 aromatic heterocycles. The molecule has 0 bridgehead atoms. The highest BCUT2D eigenvalue weighted by Gasteiger charge is 2.18.